The van der Waals surface area contributed by atoms with Crippen LogP contribution in [0, 0.1) is 11.7 Å². The molecule has 1 aromatic rings. The summed E-state index contributed by atoms with van der Waals surface area (Å²) in [5.41, 5.74) is 6.80. The third-order valence-electron chi connectivity index (χ3n) is 3.25. The van der Waals surface area contributed by atoms with Crippen LogP contribution in [0.3, 0.4) is 0 Å². The summed E-state index contributed by atoms with van der Waals surface area (Å²) in [6, 6.07) is 6.82. The lowest BCUT2D eigenvalue weighted by Crippen LogP contribution is -2.33. The zero-order valence-electron chi connectivity index (χ0n) is 9.53. The average molecular weight is 223 g/mol. The molecule has 0 saturated carbocycles. The first kappa shape index (κ1) is 11.6. The molecule has 0 bridgehead atoms. The zero-order chi connectivity index (χ0) is 11.5. The standard InChI is InChI=1S/C13H18FNO/c1-9-6-11(8-16-9)13(15)7-10-4-2-3-5-12(10)14/h2-5,9,11,13H,6-8,15H2,1H3. The third-order valence-corrected chi connectivity index (χ3v) is 3.25. The molecule has 16 heavy (non-hydrogen) atoms. The number of nitrogens with two attached hydrogens (primary N) is 1. The van der Waals surface area contributed by atoms with Crippen molar-refractivity contribution >= 4 is 0 Å². The Bertz CT molecular complexity index is 356. The van der Waals surface area contributed by atoms with E-state index in [0.29, 0.717) is 24.5 Å². The summed E-state index contributed by atoms with van der Waals surface area (Å²) in [4.78, 5) is 0. The predicted molar refractivity (Wildman–Crippen MR) is 61.6 cm³/mol. The van der Waals surface area contributed by atoms with Crippen molar-refractivity contribution in [2.45, 2.75) is 31.9 Å². The molecule has 0 radical (unpaired) electrons. The maximum atomic E-state index is 13.4. The molecule has 3 heteroatoms. The van der Waals surface area contributed by atoms with E-state index < -0.39 is 0 Å². The fourth-order valence-corrected chi connectivity index (χ4v) is 2.23. The monoisotopic (exact) mass is 223 g/mol. The highest BCUT2D eigenvalue weighted by molar-refractivity contribution is 5.18. The van der Waals surface area contributed by atoms with Crippen LogP contribution in [-0.4, -0.2) is 18.8 Å². The van der Waals surface area contributed by atoms with E-state index in [2.05, 4.69) is 6.92 Å². The highest BCUT2D eigenvalue weighted by atomic mass is 19.1. The van der Waals surface area contributed by atoms with Crippen molar-refractivity contribution in [1.29, 1.82) is 0 Å². The average Bonchev–Trinajstić information content (AvgIpc) is 2.68. The molecule has 88 valence electrons. The minimum absolute atomic E-state index is 0.0122. The SMILES string of the molecule is CC1CC(C(N)Cc2ccccc2F)CO1. The quantitative estimate of drug-likeness (QED) is 0.852. The van der Waals surface area contributed by atoms with Crippen molar-refractivity contribution in [3.05, 3.63) is 35.6 Å². The van der Waals surface area contributed by atoms with Crippen molar-refractivity contribution in [2.75, 3.05) is 6.61 Å². The van der Waals surface area contributed by atoms with Crippen LogP contribution in [0.4, 0.5) is 4.39 Å². The second kappa shape index (κ2) is 4.93. The number of ether oxygens (including phenoxy) is 1. The van der Waals surface area contributed by atoms with Crippen LogP contribution >= 0.6 is 0 Å². The Morgan fingerprint density at radius 1 is 1.50 bits per heavy atom. The molecule has 1 saturated heterocycles. The number of hydrogen-bond acceptors (Lipinski definition) is 2. The fraction of sp³-hybridized carbons (Fsp3) is 0.538. The summed E-state index contributed by atoms with van der Waals surface area (Å²) in [5.74, 6) is 0.194. The molecule has 3 atom stereocenters. The van der Waals surface area contributed by atoms with Gasteiger partial charge in [0.05, 0.1) is 12.7 Å². The number of halogens is 1. The van der Waals surface area contributed by atoms with Gasteiger partial charge in [0, 0.05) is 12.0 Å². The lowest BCUT2D eigenvalue weighted by atomic mass is 9.92. The second-order valence-corrected chi connectivity index (χ2v) is 4.60. The largest absolute Gasteiger partial charge is 0.378 e. The Balaban J connectivity index is 1.97. The van der Waals surface area contributed by atoms with E-state index in [4.69, 9.17) is 10.5 Å². The van der Waals surface area contributed by atoms with Crippen LogP contribution in [0.25, 0.3) is 0 Å². The highest BCUT2D eigenvalue weighted by Crippen LogP contribution is 2.23. The van der Waals surface area contributed by atoms with Gasteiger partial charge in [0.15, 0.2) is 0 Å². The summed E-state index contributed by atoms with van der Waals surface area (Å²) in [6.45, 7) is 2.76. The van der Waals surface area contributed by atoms with E-state index in [1.165, 1.54) is 6.07 Å². The molecule has 1 fully saturated rings. The van der Waals surface area contributed by atoms with E-state index in [1.54, 1.807) is 12.1 Å². The minimum Gasteiger partial charge on any atom is -0.378 e. The number of rotatable bonds is 3. The Morgan fingerprint density at radius 2 is 2.25 bits per heavy atom. The van der Waals surface area contributed by atoms with E-state index in [-0.39, 0.29) is 18.0 Å². The van der Waals surface area contributed by atoms with Gasteiger partial charge in [-0.2, -0.15) is 0 Å². The van der Waals surface area contributed by atoms with Crippen LogP contribution in [0.15, 0.2) is 24.3 Å². The lowest BCUT2D eigenvalue weighted by molar-refractivity contribution is 0.118. The maximum absolute atomic E-state index is 13.4. The molecule has 3 unspecified atom stereocenters. The Labute approximate surface area is 95.6 Å². The first-order valence-corrected chi connectivity index (χ1v) is 5.77. The van der Waals surface area contributed by atoms with Gasteiger partial charge in [-0.1, -0.05) is 18.2 Å². The van der Waals surface area contributed by atoms with Crippen LogP contribution in [0.1, 0.15) is 18.9 Å². The number of hydrogen-bond donors (Lipinski definition) is 1. The van der Waals surface area contributed by atoms with Gasteiger partial charge in [-0.05, 0) is 31.4 Å². The summed E-state index contributed by atoms with van der Waals surface area (Å²) < 4.78 is 18.9. The predicted octanol–water partition coefficient (Wildman–Crippen LogP) is 2.12. The molecule has 0 aliphatic carbocycles. The van der Waals surface area contributed by atoms with E-state index in [0.717, 1.165) is 6.42 Å². The molecule has 1 heterocycles. The van der Waals surface area contributed by atoms with Crippen molar-refractivity contribution in [3.63, 3.8) is 0 Å². The van der Waals surface area contributed by atoms with E-state index in [9.17, 15) is 4.39 Å². The van der Waals surface area contributed by atoms with Crippen LogP contribution in [-0.2, 0) is 11.2 Å². The topological polar surface area (TPSA) is 35.2 Å². The fourth-order valence-electron chi connectivity index (χ4n) is 2.23. The van der Waals surface area contributed by atoms with Crippen molar-refractivity contribution in [2.24, 2.45) is 11.7 Å². The van der Waals surface area contributed by atoms with Crippen LogP contribution in [0.2, 0.25) is 0 Å². The molecule has 1 aromatic carbocycles. The summed E-state index contributed by atoms with van der Waals surface area (Å²) in [5, 5.41) is 0. The minimum atomic E-state index is -0.162. The smallest absolute Gasteiger partial charge is 0.126 e. The molecule has 0 aromatic heterocycles. The molecule has 2 N–H and O–H groups in total. The van der Waals surface area contributed by atoms with Gasteiger partial charge in [-0.3, -0.25) is 0 Å². The molecule has 0 spiro atoms. The Hall–Kier alpha value is -0.930. The van der Waals surface area contributed by atoms with Crippen molar-refractivity contribution in [3.8, 4) is 0 Å². The van der Waals surface area contributed by atoms with Gasteiger partial charge in [0.2, 0.25) is 0 Å². The maximum Gasteiger partial charge on any atom is 0.126 e. The normalized spacial score (nSPS) is 26.9. The molecule has 1 aliphatic heterocycles. The Kier molecular flexibility index (Phi) is 3.56. The summed E-state index contributed by atoms with van der Waals surface area (Å²) in [7, 11) is 0. The van der Waals surface area contributed by atoms with Gasteiger partial charge in [0.1, 0.15) is 5.82 Å². The Morgan fingerprint density at radius 3 is 2.88 bits per heavy atom. The van der Waals surface area contributed by atoms with E-state index in [1.807, 2.05) is 6.07 Å². The van der Waals surface area contributed by atoms with Crippen LogP contribution < -0.4 is 5.73 Å². The molecular formula is C13H18FNO. The van der Waals surface area contributed by atoms with Crippen LogP contribution in [0.5, 0.6) is 0 Å². The third kappa shape index (κ3) is 2.60. The molecule has 0 amide bonds. The van der Waals surface area contributed by atoms with Crippen molar-refractivity contribution in [1.82, 2.24) is 0 Å². The molecule has 2 nitrogen and oxygen atoms in total. The summed E-state index contributed by atoms with van der Waals surface area (Å²) >= 11 is 0. The van der Waals surface area contributed by atoms with Gasteiger partial charge in [-0.25, -0.2) is 4.39 Å². The van der Waals surface area contributed by atoms with Gasteiger partial charge >= 0.3 is 0 Å². The molecule has 2 rings (SSSR count). The highest BCUT2D eigenvalue weighted by Gasteiger charge is 2.27. The number of benzene rings is 1. The first-order chi connectivity index (χ1) is 7.66. The summed E-state index contributed by atoms with van der Waals surface area (Å²) in [6.07, 6.45) is 1.86. The second-order valence-electron chi connectivity index (χ2n) is 4.60. The van der Waals surface area contributed by atoms with Gasteiger partial charge in [0.25, 0.3) is 0 Å². The zero-order valence-corrected chi connectivity index (χ0v) is 9.53. The lowest BCUT2D eigenvalue weighted by Gasteiger charge is -2.17. The van der Waals surface area contributed by atoms with Gasteiger partial charge in [-0.15, -0.1) is 0 Å². The van der Waals surface area contributed by atoms with Crippen molar-refractivity contribution < 1.29 is 9.13 Å². The molecule has 1 aliphatic rings. The molecular weight excluding hydrogens is 205 g/mol. The van der Waals surface area contributed by atoms with Gasteiger partial charge < -0.3 is 10.5 Å². The van der Waals surface area contributed by atoms with E-state index >= 15 is 0 Å². The first-order valence-electron chi connectivity index (χ1n) is 5.77.